The molecule has 0 bridgehead atoms. The van der Waals surface area contributed by atoms with Crippen molar-refractivity contribution in [3.8, 4) is 5.69 Å². The highest BCUT2D eigenvalue weighted by atomic mass is 35.5. The van der Waals surface area contributed by atoms with E-state index in [-0.39, 0.29) is 4.87 Å². The molecule has 23 heavy (non-hydrogen) atoms. The van der Waals surface area contributed by atoms with Crippen molar-refractivity contribution in [2.45, 2.75) is 48.9 Å². The zero-order valence-corrected chi connectivity index (χ0v) is 15.2. The van der Waals surface area contributed by atoms with Crippen LogP contribution in [0.1, 0.15) is 33.6 Å². The number of hydrogen-bond acceptors (Lipinski definition) is 4. The van der Waals surface area contributed by atoms with Gasteiger partial charge in [-0.15, -0.1) is 26.6 Å². The number of benzene rings is 1. The van der Waals surface area contributed by atoms with E-state index >= 15 is 0 Å². The van der Waals surface area contributed by atoms with Crippen molar-refractivity contribution in [1.82, 2.24) is 20.2 Å². The van der Waals surface area contributed by atoms with Crippen molar-refractivity contribution in [3.63, 3.8) is 0 Å². The third-order valence-corrected chi connectivity index (χ3v) is 7.59. The van der Waals surface area contributed by atoms with Crippen LogP contribution in [-0.2, 0) is 0 Å². The van der Waals surface area contributed by atoms with Crippen molar-refractivity contribution >= 4 is 23.4 Å². The Hall–Kier alpha value is -1.07. The van der Waals surface area contributed by atoms with Gasteiger partial charge in [-0.3, -0.25) is 0 Å². The first kappa shape index (κ1) is 15.5. The van der Waals surface area contributed by atoms with Crippen LogP contribution in [0, 0.1) is 17.3 Å². The predicted octanol–water partition coefficient (Wildman–Crippen LogP) is 4.19. The summed E-state index contributed by atoms with van der Waals surface area (Å²) in [6.07, 6.45) is 2.22. The number of aromatic nitrogens is 4. The molecule has 2 fully saturated rings. The summed E-state index contributed by atoms with van der Waals surface area (Å²) in [4.78, 5) is 1.39. The minimum Gasteiger partial charge on any atom is -0.130 e. The van der Waals surface area contributed by atoms with Gasteiger partial charge < -0.3 is 0 Å². The Morgan fingerprint density at radius 2 is 1.91 bits per heavy atom. The zero-order chi connectivity index (χ0) is 16.2. The largest absolute Gasteiger partial charge is 0.231 e. The van der Waals surface area contributed by atoms with Gasteiger partial charge in [-0.05, 0) is 54.4 Å². The van der Waals surface area contributed by atoms with Crippen molar-refractivity contribution < 1.29 is 0 Å². The van der Waals surface area contributed by atoms with Gasteiger partial charge in [-0.2, -0.15) is 0 Å². The molecular weight excluding hydrogens is 328 g/mol. The van der Waals surface area contributed by atoms with E-state index in [2.05, 4.69) is 36.2 Å². The normalized spacial score (nSPS) is 34.9. The fourth-order valence-electron chi connectivity index (χ4n) is 3.99. The molecular formula is C17H21ClN4S. The van der Waals surface area contributed by atoms with Crippen LogP contribution >= 0.6 is 23.4 Å². The minimum absolute atomic E-state index is 0.197. The van der Waals surface area contributed by atoms with Gasteiger partial charge in [-0.1, -0.05) is 43.8 Å². The van der Waals surface area contributed by atoms with Gasteiger partial charge in [0.25, 0.3) is 0 Å². The lowest BCUT2D eigenvalue weighted by atomic mass is 9.89. The highest BCUT2D eigenvalue weighted by Crippen LogP contribution is 2.68. The monoisotopic (exact) mass is 348 g/mol. The Morgan fingerprint density at radius 1 is 1.17 bits per heavy atom. The molecule has 2 saturated carbocycles. The standard InChI is InChI=1S/C17H21ClN4S/c1-16(2)12-9-14(17(3,18)10-13(12)16)23-15-19-21-22(20-15)11-7-5-4-6-8-11/h4-8,12-14H,9-10H2,1-3H3/t12-,13+,14+,17-/m0/s1. The van der Waals surface area contributed by atoms with E-state index in [1.165, 1.54) is 0 Å². The molecule has 2 aliphatic rings. The summed E-state index contributed by atoms with van der Waals surface area (Å²) in [5, 5.41) is 13.9. The number of fused-ring (bicyclic) bond motifs is 1. The lowest BCUT2D eigenvalue weighted by Crippen LogP contribution is -2.35. The zero-order valence-electron chi connectivity index (χ0n) is 13.6. The number of thioether (sulfide) groups is 1. The number of rotatable bonds is 3. The SMILES string of the molecule is CC1(C)[C@@H]2C[C@](C)(Cl)[C@H](Sc3nnn(-c4ccccc4)n3)C[C@@H]21. The van der Waals surface area contributed by atoms with Gasteiger partial charge in [0, 0.05) is 5.25 Å². The number of hydrogen-bond donors (Lipinski definition) is 0. The molecule has 0 spiro atoms. The maximum atomic E-state index is 6.86. The van der Waals surface area contributed by atoms with E-state index in [0.717, 1.165) is 30.4 Å². The Bertz CT molecular complexity index is 712. The smallest absolute Gasteiger partial charge is 0.130 e. The van der Waals surface area contributed by atoms with Gasteiger partial charge in [0.05, 0.1) is 10.6 Å². The van der Waals surface area contributed by atoms with E-state index in [1.54, 1.807) is 16.6 Å². The molecule has 0 unspecified atom stereocenters. The van der Waals surface area contributed by atoms with Crippen LogP contribution in [0.15, 0.2) is 35.5 Å². The minimum atomic E-state index is -0.197. The van der Waals surface area contributed by atoms with Gasteiger partial charge in [-0.25, -0.2) is 0 Å². The van der Waals surface area contributed by atoms with E-state index in [1.807, 2.05) is 30.3 Å². The predicted molar refractivity (Wildman–Crippen MR) is 93.1 cm³/mol. The molecule has 0 saturated heterocycles. The van der Waals surface area contributed by atoms with E-state index in [9.17, 15) is 0 Å². The van der Waals surface area contributed by atoms with Gasteiger partial charge in [0.2, 0.25) is 5.16 Å². The van der Waals surface area contributed by atoms with Crippen molar-refractivity contribution in [3.05, 3.63) is 30.3 Å². The first-order chi connectivity index (χ1) is 10.9. The summed E-state index contributed by atoms with van der Waals surface area (Å²) >= 11 is 8.54. The third kappa shape index (κ3) is 2.68. The highest BCUT2D eigenvalue weighted by Gasteiger charge is 2.63. The third-order valence-electron chi connectivity index (χ3n) is 5.68. The lowest BCUT2D eigenvalue weighted by Gasteiger charge is -2.34. The second-order valence-corrected chi connectivity index (χ2v) is 9.59. The maximum absolute atomic E-state index is 6.86. The maximum Gasteiger partial charge on any atom is 0.231 e. The molecule has 0 amide bonds. The van der Waals surface area contributed by atoms with E-state index in [0.29, 0.717) is 15.8 Å². The molecule has 1 heterocycles. The van der Waals surface area contributed by atoms with Crippen molar-refractivity contribution in [1.29, 1.82) is 0 Å². The molecule has 1 aromatic carbocycles. The number of nitrogens with zero attached hydrogens (tertiary/aromatic N) is 4. The molecule has 0 N–H and O–H groups in total. The first-order valence-corrected chi connectivity index (χ1v) is 9.35. The molecule has 4 atom stereocenters. The van der Waals surface area contributed by atoms with Crippen LogP contribution in [0.3, 0.4) is 0 Å². The van der Waals surface area contributed by atoms with Crippen molar-refractivity contribution in [2.24, 2.45) is 17.3 Å². The molecule has 1 aromatic heterocycles. The number of para-hydroxylation sites is 1. The summed E-state index contributed by atoms with van der Waals surface area (Å²) in [5.74, 6) is 1.56. The van der Waals surface area contributed by atoms with Crippen LogP contribution in [0.2, 0.25) is 0 Å². The molecule has 0 aliphatic heterocycles. The number of alkyl halides is 1. The Labute approximate surface area is 146 Å². The summed E-state index contributed by atoms with van der Waals surface area (Å²) in [6, 6.07) is 9.86. The molecule has 6 heteroatoms. The summed E-state index contributed by atoms with van der Waals surface area (Å²) in [7, 11) is 0. The van der Waals surface area contributed by atoms with Crippen LogP contribution in [-0.4, -0.2) is 30.3 Å². The average molecular weight is 349 g/mol. The molecule has 0 radical (unpaired) electrons. The second kappa shape index (κ2) is 5.21. The fourth-order valence-corrected chi connectivity index (χ4v) is 5.48. The Kier molecular flexibility index (Phi) is 3.50. The summed E-state index contributed by atoms with van der Waals surface area (Å²) in [5.41, 5.74) is 1.37. The Morgan fingerprint density at radius 3 is 2.65 bits per heavy atom. The Balaban J connectivity index is 1.51. The highest BCUT2D eigenvalue weighted by molar-refractivity contribution is 7.99. The molecule has 2 aliphatic carbocycles. The van der Waals surface area contributed by atoms with Crippen molar-refractivity contribution in [2.75, 3.05) is 0 Å². The molecule has 4 rings (SSSR count). The fraction of sp³-hybridized carbons (Fsp3) is 0.588. The first-order valence-electron chi connectivity index (χ1n) is 8.09. The van der Waals surface area contributed by atoms with E-state index in [4.69, 9.17) is 11.6 Å². The van der Waals surface area contributed by atoms with E-state index < -0.39 is 0 Å². The number of tetrazole rings is 1. The summed E-state index contributed by atoms with van der Waals surface area (Å²) in [6.45, 7) is 6.90. The number of halogens is 1. The van der Waals surface area contributed by atoms with Crippen LogP contribution in [0.4, 0.5) is 0 Å². The second-order valence-electron chi connectivity index (χ2n) is 7.56. The van der Waals surface area contributed by atoms with Crippen LogP contribution in [0.25, 0.3) is 5.69 Å². The van der Waals surface area contributed by atoms with Gasteiger partial charge in [0.1, 0.15) is 0 Å². The van der Waals surface area contributed by atoms with Crippen LogP contribution < -0.4 is 0 Å². The average Bonchev–Trinajstić information content (AvgIpc) is 2.89. The molecule has 4 nitrogen and oxygen atoms in total. The van der Waals surface area contributed by atoms with Gasteiger partial charge in [0.15, 0.2) is 0 Å². The molecule has 2 aromatic rings. The van der Waals surface area contributed by atoms with Crippen LogP contribution in [0.5, 0.6) is 0 Å². The topological polar surface area (TPSA) is 43.6 Å². The quantitative estimate of drug-likeness (QED) is 0.780. The van der Waals surface area contributed by atoms with Gasteiger partial charge >= 0.3 is 0 Å². The lowest BCUT2D eigenvalue weighted by molar-refractivity contribution is 0.406. The summed E-state index contributed by atoms with van der Waals surface area (Å²) < 4.78 is 0. The molecule has 122 valence electrons.